The largest absolute Gasteiger partial charge is 0.465 e. The van der Waals surface area contributed by atoms with E-state index in [0.717, 1.165) is 16.9 Å². The zero-order valence-electron chi connectivity index (χ0n) is 19.5. The number of nitrogens with two attached hydrogens (primary N) is 1. The van der Waals surface area contributed by atoms with E-state index in [-0.39, 0.29) is 18.2 Å². The Morgan fingerprint density at radius 2 is 1.71 bits per heavy atom. The van der Waals surface area contributed by atoms with Crippen molar-refractivity contribution < 1.29 is 19.1 Å². The molecule has 4 rings (SSSR count). The van der Waals surface area contributed by atoms with Crippen molar-refractivity contribution in [1.82, 2.24) is 0 Å². The van der Waals surface area contributed by atoms with E-state index in [2.05, 4.69) is 10.6 Å². The Kier molecular flexibility index (Phi) is 6.93. The van der Waals surface area contributed by atoms with Gasteiger partial charge in [0.1, 0.15) is 0 Å². The number of methoxy groups -OCH3 is 1. The lowest BCUT2D eigenvalue weighted by atomic mass is 9.99. The molecule has 35 heavy (non-hydrogen) atoms. The Balaban J connectivity index is 1.73. The minimum Gasteiger partial charge on any atom is -0.465 e. The number of nitrogens with one attached hydrogen (secondary N) is 2. The van der Waals surface area contributed by atoms with Crippen LogP contribution in [0.2, 0.25) is 0 Å². The molecule has 0 aromatic heterocycles. The molecule has 4 N–H and O–H groups in total. The normalized spacial score (nSPS) is 13.5. The fourth-order valence-corrected chi connectivity index (χ4v) is 3.90. The highest BCUT2D eigenvalue weighted by molar-refractivity contribution is 6.37. The number of esters is 1. The average Bonchev–Trinajstić information content (AvgIpc) is 3.22. The van der Waals surface area contributed by atoms with Gasteiger partial charge in [-0.15, -0.1) is 0 Å². The van der Waals surface area contributed by atoms with E-state index >= 15 is 0 Å². The summed E-state index contributed by atoms with van der Waals surface area (Å²) >= 11 is 0. The van der Waals surface area contributed by atoms with Crippen molar-refractivity contribution in [2.45, 2.75) is 6.42 Å². The minimum absolute atomic E-state index is 0.0640. The summed E-state index contributed by atoms with van der Waals surface area (Å²) in [7, 11) is 3.02. The maximum absolute atomic E-state index is 13.1. The maximum Gasteiger partial charge on any atom is 0.337 e. The number of rotatable bonds is 7. The average molecular weight is 471 g/mol. The van der Waals surface area contributed by atoms with Crippen molar-refractivity contribution in [3.8, 4) is 0 Å². The van der Waals surface area contributed by atoms with Crippen LogP contribution in [0.25, 0.3) is 11.3 Å². The van der Waals surface area contributed by atoms with Crippen LogP contribution < -0.4 is 21.3 Å². The molecule has 2 amide bonds. The van der Waals surface area contributed by atoms with E-state index in [1.165, 1.54) is 7.11 Å². The van der Waals surface area contributed by atoms with Gasteiger partial charge < -0.3 is 26.0 Å². The molecule has 0 fully saturated rings. The Bertz CT molecular complexity index is 1300. The van der Waals surface area contributed by atoms with Crippen molar-refractivity contribution in [3.05, 3.63) is 89.5 Å². The van der Waals surface area contributed by atoms with Gasteiger partial charge in [0.05, 0.1) is 29.6 Å². The Labute approximate surface area is 203 Å². The molecule has 0 unspecified atom stereocenters. The minimum atomic E-state index is -0.476. The lowest BCUT2D eigenvalue weighted by Crippen LogP contribution is -2.27. The molecule has 3 aromatic rings. The van der Waals surface area contributed by atoms with Gasteiger partial charge in [-0.25, -0.2) is 4.79 Å². The second-order valence-corrected chi connectivity index (χ2v) is 7.99. The predicted octanol–water partition coefficient (Wildman–Crippen LogP) is 3.72. The molecule has 0 saturated heterocycles. The number of ether oxygens (including phenoxy) is 1. The second kappa shape index (κ2) is 10.2. The summed E-state index contributed by atoms with van der Waals surface area (Å²) in [6.07, 6.45) is 0.271. The van der Waals surface area contributed by atoms with Crippen molar-refractivity contribution >= 4 is 46.1 Å². The van der Waals surface area contributed by atoms with Crippen LogP contribution in [0.5, 0.6) is 0 Å². The zero-order valence-corrected chi connectivity index (χ0v) is 19.5. The van der Waals surface area contributed by atoms with Crippen LogP contribution in [0.3, 0.4) is 0 Å². The number of hydrogen-bond acceptors (Lipinski definition) is 6. The molecular weight excluding hydrogens is 444 g/mol. The molecule has 0 radical (unpaired) electrons. The highest BCUT2D eigenvalue weighted by Gasteiger charge is 2.29. The highest BCUT2D eigenvalue weighted by atomic mass is 16.5. The maximum atomic E-state index is 13.1. The molecule has 3 aromatic carbocycles. The molecule has 8 heteroatoms. The van der Waals surface area contributed by atoms with Crippen LogP contribution in [-0.2, 0) is 14.3 Å². The molecule has 1 aliphatic rings. The molecule has 0 aliphatic carbocycles. The number of anilines is 3. The van der Waals surface area contributed by atoms with Crippen LogP contribution in [0.4, 0.5) is 17.1 Å². The molecule has 1 heterocycles. The zero-order chi connectivity index (χ0) is 24.9. The van der Waals surface area contributed by atoms with Crippen LogP contribution >= 0.6 is 0 Å². The van der Waals surface area contributed by atoms with Gasteiger partial charge in [0.15, 0.2) is 0 Å². The number of hydrogen-bond donors (Lipinski definition) is 3. The SMILES string of the molecule is COC(=O)c1ccc2c(c1)NC(=O)/C2=C(\Nc1ccc(N(C)C(=O)CCN)cc1)c1ccccc1. The van der Waals surface area contributed by atoms with E-state index in [9.17, 15) is 14.4 Å². The van der Waals surface area contributed by atoms with Crippen molar-refractivity contribution in [1.29, 1.82) is 0 Å². The number of carbonyl (C=O) groups excluding carboxylic acids is 3. The number of benzene rings is 3. The summed E-state index contributed by atoms with van der Waals surface area (Å²) in [4.78, 5) is 38.7. The molecule has 0 saturated carbocycles. The van der Waals surface area contributed by atoms with Gasteiger partial charge in [0.2, 0.25) is 5.91 Å². The monoisotopic (exact) mass is 470 g/mol. The third kappa shape index (κ3) is 4.92. The Hall–Kier alpha value is -4.43. The molecule has 1 aliphatic heterocycles. The quantitative estimate of drug-likeness (QED) is 0.358. The first-order valence-electron chi connectivity index (χ1n) is 11.1. The lowest BCUT2D eigenvalue weighted by Gasteiger charge is -2.19. The molecule has 178 valence electrons. The van der Waals surface area contributed by atoms with Gasteiger partial charge in [0, 0.05) is 37.0 Å². The highest BCUT2D eigenvalue weighted by Crippen LogP contribution is 2.38. The van der Waals surface area contributed by atoms with Crippen molar-refractivity contribution in [2.75, 3.05) is 36.2 Å². The summed E-state index contributed by atoms with van der Waals surface area (Å²) in [6, 6.07) is 21.9. The second-order valence-electron chi connectivity index (χ2n) is 7.99. The summed E-state index contributed by atoms with van der Waals surface area (Å²) in [5.74, 6) is -0.821. The number of fused-ring (bicyclic) bond motifs is 1. The van der Waals surface area contributed by atoms with E-state index < -0.39 is 5.97 Å². The van der Waals surface area contributed by atoms with Gasteiger partial charge in [-0.3, -0.25) is 9.59 Å². The summed E-state index contributed by atoms with van der Waals surface area (Å²) in [5.41, 5.74) is 10.4. The molecule has 0 spiro atoms. The first kappa shape index (κ1) is 23.7. The summed E-state index contributed by atoms with van der Waals surface area (Å²) in [5, 5.41) is 6.23. The Morgan fingerprint density at radius 1 is 1.00 bits per heavy atom. The van der Waals surface area contributed by atoms with Crippen LogP contribution in [0.15, 0.2) is 72.8 Å². The third-order valence-electron chi connectivity index (χ3n) is 5.75. The van der Waals surface area contributed by atoms with Gasteiger partial charge in [-0.1, -0.05) is 36.4 Å². The first-order chi connectivity index (χ1) is 16.9. The Morgan fingerprint density at radius 3 is 2.37 bits per heavy atom. The van der Waals surface area contributed by atoms with Gasteiger partial charge >= 0.3 is 5.97 Å². The smallest absolute Gasteiger partial charge is 0.337 e. The molecule has 8 nitrogen and oxygen atoms in total. The fraction of sp³-hybridized carbons (Fsp3) is 0.148. The van der Waals surface area contributed by atoms with Gasteiger partial charge in [-0.2, -0.15) is 0 Å². The van der Waals surface area contributed by atoms with E-state index in [0.29, 0.717) is 34.6 Å². The van der Waals surface area contributed by atoms with E-state index in [1.807, 2.05) is 54.6 Å². The number of nitrogens with zero attached hydrogens (tertiary/aromatic N) is 1. The van der Waals surface area contributed by atoms with E-state index in [1.54, 1.807) is 30.1 Å². The van der Waals surface area contributed by atoms with Crippen LogP contribution in [-0.4, -0.2) is 38.5 Å². The van der Waals surface area contributed by atoms with Crippen LogP contribution in [0, 0.1) is 0 Å². The molecule has 0 atom stereocenters. The van der Waals surface area contributed by atoms with Crippen molar-refractivity contribution in [3.63, 3.8) is 0 Å². The number of carbonyl (C=O) groups is 3. The topological polar surface area (TPSA) is 114 Å². The van der Waals surface area contributed by atoms with Crippen molar-refractivity contribution in [2.24, 2.45) is 5.73 Å². The lowest BCUT2D eigenvalue weighted by molar-refractivity contribution is -0.118. The summed E-state index contributed by atoms with van der Waals surface area (Å²) < 4.78 is 4.79. The van der Waals surface area contributed by atoms with E-state index in [4.69, 9.17) is 10.5 Å². The first-order valence-corrected chi connectivity index (χ1v) is 11.1. The predicted molar refractivity (Wildman–Crippen MR) is 137 cm³/mol. The van der Waals surface area contributed by atoms with Crippen LogP contribution in [0.1, 0.15) is 27.9 Å². The standard InChI is InChI=1S/C27H26N4O4/c1-31(23(32)14-15-28)20-11-9-19(10-12-20)29-25(17-6-4-3-5-7-17)24-21-13-8-18(27(34)35-2)16-22(21)30-26(24)33/h3-13,16,29H,14-15,28H2,1-2H3,(H,30,33)/b25-24-. The summed E-state index contributed by atoms with van der Waals surface area (Å²) in [6.45, 7) is 0.293. The van der Waals surface area contributed by atoms with Gasteiger partial charge in [0.25, 0.3) is 5.91 Å². The van der Waals surface area contributed by atoms with Gasteiger partial charge in [-0.05, 0) is 42.0 Å². The fourth-order valence-electron chi connectivity index (χ4n) is 3.90. The number of amides is 2. The third-order valence-corrected chi connectivity index (χ3v) is 5.75. The molecular formula is C27H26N4O4. The molecule has 0 bridgehead atoms.